The highest BCUT2D eigenvalue weighted by molar-refractivity contribution is 7.88. The number of nitrogens with one attached hydrogen (secondary N) is 2. The average molecular weight is 357 g/mol. The summed E-state index contributed by atoms with van der Waals surface area (Å²) < 4.78 is 32.7. The number of hydrogen-bond donors (Lipinski definition) is 2. The molecule has 2 heterocycles. The molecule has 0 spiro atoms. The molecular weight excluding hydrogens is 340 g/mol. The summed E-state index contributed by atoms with van der Waals surface area (Å²) >= 11 is 6.00. The first-order valence-corrected chi connectivity index (χ1v) is 9.28. The van der Waals surface area contributed by atoms with E-state index < -0.39 is 10.0 Å². The van der Waals surface area contributed by atoms with E-state index in [9.17, 15) is 8.42 Å². The molecule has 0 unspecified atom stereocenters. The van der Waals surface area contributed by atoms with E-state index in [0.717, 1.165) is 12.8 Å². The molecule has 1 aromatic heterocycles. The van der Waals surface area contributed by atoms with Crippen LogP contribution in [0.1, 0.15) is 30.3 Å². The Labute approximate surface area is 139 Å². The maximum atomic E-state index is 12.2. The average Bonchev–Trinajstić information content (AvgIpc) is 3.18. The molecule has 2 N–H and O–H groups in total. The highest BCUT2D eigenvalue weighted by Crippen LogP contribution is 2.30. The van der Waals surface area contributed by atoms with Gasteiger partial charge in [0.2, 0.25) is 10.0 Å². The van der Waals surface area contributed by atoms with Gasteiger partial charge >= 0.3 is 0 Å². The van der Waals surface area contributed by atoms with Crippen molar-refractivity contribution in [2.75, 3.05) is 6.54 Å². The summed E-state index contributed by atoms with van der Waals surface area (Å²) in [7, 11) is -3.47. The lowest BCUT2D eigenvalue weighted by molar-refractivity contribution is 0.0430. The van der Waals surface area contributed by atoms with E-state index in [0.29, 0.717) is 16.4 Å². The second-order valence-corrected chi connectivity index (χ2v) is 7.61. The molecule has 0 aliphatic carbocycles. The molecule has 0 bridgehead atoms. The van der Waals surface area contributed by atoms with Gasteiger partial charge in [-0.2, -0.15) is 5.10 Å². The lowest BCUT2D eigenvalue weighted by Gasteiger charge is -2.13. The van der Waals surface area contributed by atoms with E-state index in [-0.39, 0.29) is 24.5 Å². The molecule has 9 heteroatoms. The highest BCUT2D eigenvalue weighted by atomic mass is 35.5. The smallest absolute Gasteiger partial charge is 0.215 e. The van der Waals surface area contributed by atoms with Crippen LogP contribution in [0.2, 0.25) is 5.02 Å². The number of H-pyrrole nitrogens is 1. The van der Waals surface area contributed by atoms with Gasteiger partial charge in [0.15, 0.2) is 5.82 Å². The lowest BCUT2D eigenvalue weighted by Crippen LogP contribution is -2.32. The Morgan fingerprint density at radius 3 is 2.91 bits per heavy atom. The first kappa shape index (κ1) is 16.4. The van der Waals surface area contributed by atoms with E-state index in [4.69, 9.17) is 16.3 Å². The Kier molecular flexibility index (Phi) is 4.96. The van der Waals surface area contributed by atoms with E-state index in [2.05, 4.69) is 19.9 Å². The van der Waals surface area contributed by atoms with E-state index >= 15 is 0 Å². The standard InChI is InChI=1S/C14H17ClN4O3S/c15-12-4-2-1-3-10(12)8-23(20,21)18-7-11-5-6-13(22-11)14-16-9-17-19-14/h1-4,9,11,13,18H,5-8H2,(H,16,17,19)/t11-,13+/m1/s1. The third kappa shape index (κ3) is 4.29. The van der Waals surface area contributed by atoms with Crippen molar-refractivity contribution in [3.05, 3.63) is 47.0 Å². The molecule has 1 aromatic carbocycles. The number of halogens is 1. The molecule has 0 saturated carbocycles. The number of hydrogen-bond acceptors (Lipinski definition) is 5. The monoisotopic (exact) mass is 356 g/mol. The Morgan fingerprint density at radius 2 is 2.17 bits per heavy atom. The number of nitrogens with zero attached hydrogens (tertiary/aromatic N) is 2. The second-order valence-electron chi connectivity index (χ2n) is 5.39. The maximum Gasteiger partial charge on any atom is 0.215 e. The van der Waals surface area contributed by atoms with Crippen LogP contribution in [0.3, 0.4) is 0 Å². The molecule has 7 nitrogen and oxygen atoms in total. The number of benzene rings is 1. The van der Waals surface area contributed by atoms with Gasteiger partial charge in [0.1, 0.15) is 12.4 Å². The molecule has 0 radical (unpaired) electrons. The zero-order valence-corrected chi connectivity index (χ0v) is 13.8. The van der Waals surface area contributed by atoms with Crippen LogP contribution in [-0.2, 0) is 20.5 Å². The van der Waals surface area contributed by atoms with Crippen LogP contribution < -0.4 is 4.72 Å². The molecule has 3 rings (SSSR count). The van der Waals surface area contributed by atoms with Gasteiger partial charge in [0.25, 0.3) is 0 Å². The van der Waals surface area contributed by atoms with Gasteiger partial charge < -0.3 is 4.74 Å². The Morgan fingerprint density at radius 1 is 1.35 bits per heavy atom. The lowest BCUT2D eigenvalue weighted by atomic mass is 10.2. The van der Waals surface area contributed by atoms with Crippen LogP contribution in [0.5, 0.6) is 0 Å². The number of aromatic nitrogens is 3. The fourth-order valence-corrected chi connectivity index (χ4v) is 4.00. The Bertz CT molecular complexity index is 751. The maximum absolute atomic E-state index is 12.2. The molecule has 0 amide bonds. The molecule has 124 valence electrons. The molecule has 1 fully saturated rings. The van der Waals surface area contributed by atoms with Gasteiger partial charge in [-0.3, -0.25) is 5.10 Å². The molecule has 2 atom stereocenters. The van der Waals surface area contributed by atoms with Crippen LogP contribution >= 0.6 is 11.6 Å². The fraction of sp³-hybridized carbons (Fsp3) is 0.429. The predicted octanol–water partition coefficient (Wildman–Crippen LogP) is 1.80. The summed E-state index contributed by atoms with van der Waals surface area (Å²) in [6.07, 6.45) is 2.64. The predicted molar refractivity (Wildman–Crippen MR) is 85.3 cm³/mol. The van der Waals surface area contributed by atoms with Crippen molar-refractivity contribution >= 4 is 21.6 Å². The summed E-state index contributed by atoms with van der Waals surface area (Å²) in [5.41, 5.74) is 0.577. The van der Waals surface area contributed by atoms with Gasteiger partial charge in [0.05, 0.1) is 11.9 Å². The van der Waals surface area contributed by atoms with Crippen LogP contribution in [0.25, 0.3) is 0 Å². The van der Waals surface area contributed by atoms with Crippen molar-refractivity contribution in [3.8, 4) is 0 Å². The molecule has 1 aliphatic heterocycles. The van der Waals surface area contributed by atoms with Crippen molar-refractivity contribution in [2.45, 2.75) is 30.8 Å². The van der Waals surface area contributed by atoms with Crippen molar-refractivity contribution in [1.82, 2.24) is 19.9 Å². The number of rotatable bonds is 6. The summed E-state index contributed by atoms with van der Waals surface area (Å²) in [4.78, 5) is 4.06. The topological polar surface area (TPSA) is 97.0 Å². The molecule has 23 heavy (non-hydrogen) atoms. The van der Waals surface area contributed by atoms with Crippen LogP contribution in [0.15, 0.2) is 30.6 Å². The van der Waals surface area contributed by atoms with Gasteiger partial charge in [-0.15, -0.1) is 0 Å². The minimum Gasteiger partial charge on any atom is -0.366 e. The second kappa shape index (κ2) is 6.96. The summed E-state index contributed by atoms with van der Waals surface area (Å²) in [5, 5.41) is 7.01. The van der Waals surface area contributed by atoms with Crippen molar-refractivity contribution in [2.24, 2.45) is 0 Å². The van der Waals surface area contributed by atoms with Crippen LogP contribution in [0, 0.1) is 0 Å². The Hall–Kier alpha value is -1.48. The fourth-order valence-electron chi connectivity index (χ4n) is 2.52. The quantitative estimate of drug-likeness (QED) is 0.822. The van der Waals surface area contributed by atoms with E-state index in [1.807, 2.05) is 0 Å². The van der Waals surface area contributed by atoms with E-state index in [1.165, 1.54) is 6.33 Å². The SMILES string of the molecule is O=S(=O)(Cc1ccccc1Cl)NC[C@H]1CC[C@@H](c2ncn[nH]2)O1. The van der Waals surface area contributed by atoms with Gasteiger partial charge in [-0.05, 0) is 24.5 Å². The van der Waals surface area contributed by atoms with Crippen LogP contribution in [-0.4, -0.2) is 36.2 Å². The van der Waals surface area contributed by atoms with Gasteiger partial charge in [0, 0.05) is 11.6 Å². The van der Waals surface area contributed by atoms with Gasteiger partial charge in [-0.25, -0.2) is 18.1 Å². The Balaban J connectivity index is 1.53. The van der Waals surface area contributed by atoms with Crippen LogP contribution in [0.4, 0.5) is 0 Å². The van der Waals surface area contributed by atoms with Crippen molar-refractivity contribution in [3.63, 3.8) is 0 Å². The minimum atomic E-state index is -3.47. The third-order valence-corrected chi connectivity index (χ3v) is 5.35. The summed E-state index contributed by atoms with van der Waals surface area (Å²) in [6, 6.07) is 6.91. The zero-order chi connectivity index (χ0) is 16.3. The molecule has 1 saturated heterocycles. The van der Waals surface area contributed by atoms with Crippen molar-refractivity contribution in [1.29, 1.82) is 0 Å². The number of sulfonamides is 1. The third-order valence-electron chi connectivity index (χ3n) is 3.68. The van der Waals surface area contributed by atoms with Gasteiger partial charge in [-0.1, -0.05) is 29.8 Å². The first-order valence-electron chi connectivity index (χ1n) is 7.25. The molecular formula is C14H17ClN4O3S. The number of ether oxygens (including phenoxy) is 1. The normalized spacial score (nSPS) is 21.6. The highest BCUT2D eigenvalue weighted by Gasteiger charge is 2.29. The number of aromatic amines is 1. The summed E-state index contributed by atoms with van der Waals surface area (Å²) in [5.74, 6) is 0.525. The van der Waals surface area contributed by atoms with Crippen molar-refractivity contribution < 1.29 is 13.2 Å². The summed E-state index contributed by atoms with van der Waals surface area (Å²) in [6.45, 7) is 0.234. The van der Waals surface area contributed by atoms with E-state index in [1.54, 1.807) is 24.3 Å². The first-order chi connectivity index (χ1) is 11.0. The largest absolute Gasteiger partial charge is 0.366 e. The zero-order valence-electron chi connectivity index (χ0n) is 12.3. The molecule has 2 aromatic rings. The molecule has 1 aliphatic rings. The minimum absolute atomic E-state index is 0.148.